The summed E-state index contributed by atoms with van der Waals surface area (Å²) in [5, 5.41) is 9.18. The molecule has 0 aromatic heterocycles. The minimum Gasteiger partial charge on any atom is -0.478 e. The molecule has 1 rings (SSSR count). The first-order chi connectivity index (χ1) is 12.3. The summed E-state index contributed by atoms with van der Waals surface area (Å²) < 4.78 is 14.2. The largest absolute Gasteiger partial charge is 0.478 e. The number of rotatable bonds is 10. The first-order valence-electron chi connectivity index (χ1n) is 8.85. The van der Waals surface area contributed by atoms with Crippen LogP contribution in [0.5, 0.6) is 0 Å². The highest BCUT2D eigenvalue weighted by Crippen LogP contribution is 2.24. The average Bonchev–Trinajstić information content (AvgIpc) is 2.54. The monoisotopic (exact) mass is 376 g/mol. The predicted octanol–water partition coefficient (Wildman–Crippen LogP) is 6.84. The van der Waals surface area contributed by atoms with Crippen molar-refractivity contribution in [2.45, 2.75) is 58.0 Å². The zero-order valence-corrected chi connectivity index (χ0v) is 16.9. The molecule has 0 fully saturated rings. The topological polar surface area (TPSA) is 37.3 Å². The minimum atomic E-state index is -0.978. The summed E-state index contributed by atoms with van der Waals surface area (Å²) in [6.07, 6.45) is 7.09. The number of benzene rings is 1. The molecule has 2 nitrogen and oxygen atoms in total. The molecule has 0 aliphatic carbocycles. The third-order valence-electron chi connectivity index (χ3n) is 3.86. The molecular weight excluding hydrogens is 347 g/mol. The lowest BCUT2D eigenvalue weighted by molar-refractivity contribution is 0.0693. The summed E-state index contributed by atoms with van der Waals surface area (Å²) in [7, 11) is 0. The lowest BCUT2D eigenvalue weighted by Crippen LogP contribution is -1.99. The normalized spacial score (nSPS) is 13.4. The first-order valence-corrected chi connectivity index (χ1v) is 9.83. The number of halogens is 1. The van der Waals surface area contributed by atoms with Crippen LogP contribution in [-0.4, -0.2) is 23.0 Å². The number of carboxylic acids is 1. The van der Waals surface area contributed by atoms with Crippen molar-refractivity contribution in [3.8, 4) is 0 Å². The number of hydrogen-bond acceptors (Lipinski definition) is 2. The van der Waals surface area contributed by atoms with Gasteiger partial charge < -0.3 is 5.11 Å². The number of carbonyl (C=O) groups is 1. The number of aromatic carboxylic acids is 1. The van der Waals surface area contributed by atoms with Gasteiger partial charge in [-0.1, -0.05) is 47.1 Å². The SMILES string of the molecule is CC(C)=CCCC(C)=CC(F)CC(C)=CCSc1ccccc1C(=O)O. The molecule has 0 saturated heterocycles. The van der Waals surface area contributed by atoms with E-state index in [4.69, 9.17) is 0 Å². The molecule has 0 aliphatic rings. The van der Waals surface area contributed by atoms with Crippen LogP contribution in [0.4, 0.5) is 4.39 Å². The summed E-state index contributed by atoms with van der Waals surface area (Å²) in [5.74, 6) is -0.294. The zero-order chi connectivity index (χ0) is 19.5. The maximum atomic E-state index is 14.2. The highest BCUT2D eigenvalue weighted by atomic mass is 32.2. The van der Waals surface area contributed by atoms with E-state index in [0.29, 0.717) is 17.7 Å². The predicted molar refractivity (Wildman–Crippen MR) is 110 cm³/mol. The number of alkyl halides is 1. The first kappa shape index (κ1) is 22.2. The zero-order valence-electron chi connectivity index (χ0n) is 16.1. The Morgan fingerprint density at radius 3 is 2.50 bits per heavy atom. The van der Waals surface area contributed by atoms with Gasteiger partial charge in [0.25, 0.3) is 0 Å². The van der Waals surface area contributed by atoms with Crippen LogP contribution in [0.3, 0.4) is 0 Å². The lowest BCUT2D eigenvalue weighted by Gasteiger charge is -2.07. The van der Waals surface area contributed by atoms with Crippen molar-refractivity contribution in [1.29, 1.82) is 0 Å². The highest BCUT2D eigenvalue weighted by Gasteiger charge is 2.09. The Labute approximate surface area is 160 Å². The maximum absolute atomic E-state index is 14.2. The van der Waals surface area contributed by atoms with Crippen molar-refractivity contribution in [3.63, 3.8) is 0 Å². The van der Waals surface area contributed by atoms with Crippen molar-refractivity contribution in [2.75, 3.05) is 5.75 Å². The van der Waals surface area contributed by atoms with E-state index in [0.717, 1.165) is 28.9 Å². The van der Waals surface area contributed by atoms with Gasteiger partial charge in [-0.3, -0.25) is 0 Å². The van der Waals surface area contributed by atoms with Crippen LogP contribution in [0.1, 0.15) is 57.3 Å². The van der Waals surface area contributed by atoms with Crippen LogP contribution in [0.15, 0.2) is 64.1 Å². The number of carboxylic acid groups (broad SMARTS) is 1. The van der Waals surface area contributed by atoms with E-state index in [1.54, 1.807) is 24.3 Å². The lowest BCUT2D eigenvalue weighted by atomic mass is 10.1. The third kappa shape index (κ3) is 9.04. The van der Waals surface area contributed by atoms with Gasteiger partial charge in [-0.25, -0.2) is 9.18 Å². The Morgan fingerprint density at radius 2 is 1.85 bits per heavy atom. The van der Waals surface area contributed by atoms with E-state index in [1.165, 1.54) is 17.3 Å². The van der Waals surface area contributed by atoms with Crippen molar-refractivity contribution in [1.82, 2.24) is 0 Å². The average molecular weight is 377 g/mol. The summed E-state index contributed by atoms with van der Waals surface area (Å²) in [6.45, 7) is 8.03. The van der Waals surface area contributed by atoms with Crippen molar-refractivity contribution in [2.24, 2.45) is 0 Å². The molecule has 1 aromatic rings. The highest BCUT2D eigenvalue weighted by molar-refractivity contribution is 7.99. The van der Waals surface area contributed by atoms with Crippen molar-refractivity contribution in [3.05, 3.63) is 64.8 Å². The molecule has 0 spiro atoms. The van der Waals surface area contributed by atoms with Crippen LogP contribution in [0, 0.1) is 0 Å². The van der Waals surface area contributed by atoms with Gasteiger partial charge in [0.1, 0.15) is 6.17 Å². The fraction of sp³-hybridized carbons (Fsp3) is 0.409. The fourth-order valence-corrected chi connectivity index (χ4v) is 3.51. The second-order valence-corrected chi connectivity index (χ2v) is 7.78. The van der Waals surface area contributed by atoms with E-state index >= 15 is 0 Å². The van der Waals surface area contributed by atoms with E-state index in [9.17, 15) is 14.3 Å². The Kier molecular flexibility index (Phi) is 10.0. The van der Waals surface area contributed by atoms with E-state index in [-0.39, 0.29) is 0 Å². The van der Waals surface area contributed by atoms with Gasteiger partial charge in [0, 0.05) is 17.1 Å². The summed E-state index contributed by atoms with van der Waals surface area (Å²) in [6, 6.07) is 6.94. The van der Waals surface area contributed by atoms with Gasteiger partial charge in [0.2, 0.25) is 0 Å². The molecule has 1 aromatic carbocycles. The summed E-state index contributed by atoms with van der Waals surface area (Å²) >= 11 is 1.46. The molecule has 26 heavy (non-hydrogen) atoms. The summed E-state index contributed by atoms with van der Waals surface area (Å²) in [5.41, 5.74) is 3.65. The molecule has 0 aliphatic heterocycles. The van der Waals surface area contributed by atoms with Gasteiger partial charge in [-0.15, -0.1) is 11.8 Å². The van der Waals surface area contributed by atoms with Gasteiger partial charge >= 0.3 is 5.97 Å². The van der Waals surface area contributed by atoms with Gasteiger partial charge in [-0.05, 0) is 52.7 Å². The van der Waals surface area contributed by atoms with Crippen LogP contribution in [0.25, 0.3) is 0 Å². The quantitative estimate of drug-likeness (QED) is 0.358. The van der Waals surface area contributed by atoms with Crippen molar-refractivity contribution < 1.29 is 14.3 Å². The molecule has 4 heteroatoms. The van der Waals surface area contributed by atoms with Gasteiger partial charge in [0.05, 0.1) is 5.56 Å². The molecule has 0 amide bonds. The standard InChI is InChI=1S/C22H29FO2S/c1-16(2)8-7-9-17(3)14-19(23)15-18(4)12-13-26-21-11-6-5-10-20(21)22(24)25/h5-6,8,10-12,14,19H,7,9,13,15H2,1-4H3,(H,24,25). The molecule has 1 unspecified atom stereocenters. The number of allylic oxidation sites excluding steroid dienone is 5. The molecule has 0 saturated carbocycles. The third-order valence-corrected chi connectivity index (χ3v) is 4.86. The Morgan fingerprint density at radius 1 is 1.15 bits per heavy atom. The maximum Gasteiger partial charge on any atom is 0.336 e. The molecule has 1 N–H and O–H groups in total. The smallest absolute Gasteiger partial charge is 0.336 e. The Balaban J connectivity index is 2.50. The number of hydrogen-bond donors (Lipinski definition) is 1. The van der Waals surface area contributed by atoms with E-state index < -0.39 is 12.1 Å². The Bertz CT molecular complexity index is 685. The second kappa shape index (κ2) is 11.7. The number of thioether (sulfide) groups is 1. The molecule has 0 radical (unpaired) electrons. The fourth-order valence-electron chi connectivity index (χ4n) is 2.47. The molecule has 142 valence electrons. The molecule has 0 bridgehead atoms. The van der Waals surface area contributed by atoms with Crippen LogP contribution in [-0.2, 0) is 0 Å². The minimum absolute atomic E-state index is 0.307. The van der Waals surface area contributed by atoms with E-state index in [1.807, 2.05) is 26.0 Å². The molecular formula is C22H29FO2S. The van der Waals surface area contributed by atoms with Crippen LogP contribution >= 0.6 is 11.8 Å². The molecule has 1 atom stereocenters. The van der Waals surface area contributed by atoms with Gasteiger partial charge in [-0.2, -0.15) is 0 Å². The molecule has 0 heterocycles. The van der Waals surface area contributed by atoms with Crippen LogP contribution in [0.2, 0.25) is 0 Å². The second-order valence-electron chi connectivity index (χ2n) is 6.72. The Hall–Kier alpha value is -1.81. The summed E-state index contributed by atoms with van der Waals surface area (Å²) in [4.78, 5) is 11.9. The van der Waals surface area contributed by atoms with Gasteiger partial charge in [0.15, 0.2) is 0 Å². The van der Waals surface area contributed by atoms with E-state index in [2.05, 4.69) is 19.9 Å². The van der Waals surface area contributed by atoms with Crippen molar-refractivity contribution >= 4 is 17.7 Å². The van der Waals surface area contributed by atoms with Crippen LogP contribution < -0.4 is 0 Å².